The van der Waals surface area contributed by atoms with Gasteiger partial charge in [0, 0.05) is 19.6 Å². The van der Waals surface area contributed by atoms with Crippen molar-refractivity contribution < 1.29 is 23.7 Å². The van der Waals surface area contributed by atoms with Crippen molar-refractivity contribution in [2.24, 2.45) is 11.8 Å². The van der Waals surface area contributed by atoms with Crippen molar-refractivity contribution in [1.29, 1.82) is 0 Å². The number of halogens is 2. The number of nitrogens with zero attached hydrogens (tertiary/aromatic N) is 1. The lowest BCUT2D eigenvalue weighted by molar-refractivity contribution is 0.115. The van der Waals surface area contributed by atoms with Gasteiger partial charge in [-0.05, 0) is 54.5 Å². The molecule has 2 unspecified atom stereocenters. The Morgan fingerprint density at radius 2 is 1.59 bits per heavy atom. The highest BCUT2D eigenvalue weighted by atomic mass is 19.1. The van der Waals surface area contributed by atoms with Crippen molar-refractivity contribution in [3.8, 4) is 11.5 Å². The van der Waals surface area contributed by atoms with Gasteiger partial charge >= 0.3 is 0 Å². The molecule has 1 saturated heterocycles. The number of rotatable bonds is 5. The van der Waals surface area contributed by atoms with Gasteiger partial charge < -0.3 is 14.9 Å². The molecule has 1 saturated carbocycles. The minimum absolute atomic E-state index is 0.171. The Morgan fingerprint density at radius 3 is 2.19 bits per heavy atom. The first-order valence-electron chi connectivity index (χ1n) is 9.29. The molecule has 1 aliphatic heterocycles. The fourth-order valence-corrected chi connectivity index (χ4v) is 4.40. The molecule has 27 heavy (non-hydrogen) atoms. The Kier molecular flexibility index (Phi) is 5.02. The minimum atomic E-state index is -0.661. The van der Waals surface area contributed by atoms with E-state index in [1.54, 1.807) is 24.3 Å². The summed E-state index contributed by atoms with van der Waals surface area (Å²) in [6.45, 7) is 2.23. The molecule has 4 atom stereocenters. The number of likely N-dealkylation sites (tertiary alicyclic amines) is 1. The van der Waals surface area contributed by atoms with Crippen LogP contribution in [-0.2, 0) is 0 Å². The number of phenolic OH excluding ortho intramolecular Hbond substituents is 1. The topological polar surface area (TPSA) is 52.9 Å². The molecule has 2 fully saturated rings. The van der Waals surface area contributed by atoms with E-state index in [2.05, 4.69) is 4.90 Å². The van der Waals surface area contributed by atoms with Gasteiger partial charge in [0.25, 0.3) is 0 Å². The Balaban J connectivity index is 1.31. The number of hydrogen-bond acceptors (Lipinski definition) is 4. The van der Waals surface area contributed by atoms with E-state index in [1.807, 2.05) is 0 Å². The molecule has 2 aromatic carbocycles. The number of β-amino-alcohol motifs (C(OH)–C–C–N with tert-alkyl or cyclic N) is 1. The van der Waals surface area contributed by atoms with Crippen LogP contribution in [0.15, 0.2) is 42.5 Å². The van der Waals surface area contributed by atoms with Gasteiger partial charge in [-0.25, -0.2) is 8.78 Å². The van der Waals surface area contributed by atoms with Crippen LogP contribution in [0.4, 0.5) is 8.78 Å². The quantitative estimate of drug-likeness (QED) is 0.840. The summed E-state index contributed by atoms with van der Waals surface area (Å²) in [7, 11) is 0. The van der Waals surface area contributed by atoms with Gasteiger partial charge in [0.15, 0.2) is 17.4 Å². The molecule has 6 heteroatoms. The first-order valence-corrected chi connectivity index (χ1v) is 9.29. The molecule has 0 spiro atoms. The molecule has 0 bridgehead atoms. The summed E-state index contributed by atoms with van der Waals surface area (Å²) in [5.74, 6) is -0.591. The van der Waals surface area contributed by atoms with E-state index in [9.17, 15) is 19.0 Å². The lowest BCUT2D eigenvalue weighted by Crippen LogP contribution is -2.29. The van der Waals surface area contributed by atoms with E-state index in [1.165, 1.54) is 18.2 Å². The van der Waals surface area contributed by atoms with Crippen LogP contribution < -0.4 is 4.74 Å². The van der Waals surface area contributed by atoms with E-state index in [0.717, 1.165) is 31.5 Å². The number of benzene rings is 2. The van der Waals surface area contributed by atoms with Gasteiger partial charge in [0.2, 0.25) is 0 Å². The number of aliphatic hydroxyl groups excluding tert-OH is 1. The maximum Gasteiger partial charge on any atom is 0.191 e. The van der Waals surface area contributed by atoms with Crippen molar-refractivity contribution in [1.82, 2.24) is 4.90 Å². The standard InChI is InChI=1S/C21H23F2NO3/c22-18-2-1-3-19(23)21(18)27-17-8-14-10-24(11-15(14)9-17)12-20(26)13-4-6-16(25)7-5-13/h1-7,14-15,17,20,25-26H,8-12H2/t14-,15?,17+,20?/m1/s1. The largest absolute Gasteiger partial charge is 0.508 e. The van der Waals surface area contributed by atoms with Crippen molar-refractivity contribution in [3.05, 3.63) is 59.7 Å². The predicted octanol–water partition coefficient (Wildman–Crippen LogP) is 3.49. The molecule has 4 rings (SSSR count). The molecule has 0 radical (unpaired) electrons. The number of fused-ring (bicyclic) bond motifs is 1. The molecule has 2 aromatic rings. The van der Waals surface area contributed by atoms with Crippen LogP contribution in [0.3, 0.4) is 0 Å². The summed E-state index contributed by atoms with van der Waals surface area (Å²) in [6.07, 6.45) is 0.758. The number of hydrogen-bond donors (Lipinski definition) is 2. The average Bonchev–Trinajstić information content (AvgIpc) is 3.16. The summed E-state index contributed by atoms with van der Waals surface area (Å²) in [6, 6.07) is 10.3. The highest BCUT2D eigenvalue weighted by Gasteiger charge is 2.42. The summed E-state index contributed by atoms with van der Waals surface area (Å²) >= 11 is 0. The van der Waals surface area contributed by atoms with Gasteiger partial charge in [0.05, 0.1) is 12.2 Å². The zero-order valence-corrected chi connectivity index (χ0v) is 14.9. The van der Waals surface area contributed by atoms with Crippen molar-refractivity contribution in [2.75, 3.05) is 19.6 Å². The summed E-state index contributed by atoms with van der Waals surface area (Å²) in [5, 5.41) is 19.8. The SMILES string of the molecule is Oc1ccc(C(O)CN2CC3C[C@@H](Oc4c(F)cccc4F)C[C@@H]3C2)cc1. The van der Waals surface area contributed by atoms with E-state index in [-0.39, 0.29) is 17.6 Å². The highest BCUT2D eigenvalue weighted by Crippen LogP contribution is 2.40. The number of ether oxygens (including phenoxy) is 1. The van der Waals surface area contributed by atoms with Crippen LogP contribution in [0.5, 0.6) is 11.5 Å². The second-order valence-corrected chi connectivity index (χ2v) is 7.61. The van der Waals surface area contributed by atoms with Gasteiger partial charge in [-0.3, -0.25) is 4.90 Å². The van der Waals surface area contributed by atoms with Gasteiger partial charge in [-0.2, -0.15) is 0 Å². The number of aromatic hydroxyl groups is 1. The zero-order chi connectivity index (χ0) is 19.0. The number of aliphatic hydroxyl groups is 1. The van der Waals surface area contributed by atoms with E-state index < -0.39 is 17.7 Å². The summed E-state index contributed by atoms with van der Waals surface area (Å²) in [4.78, 5) is 2.23. The first kappa shape index (κ1) is 18.2. The molecule has 2 aliphatic rings. The number of phenols is 1. The maximum absolute atomic E-state index is 13.8. The minimum Gasteiger partial charge on any atom is -0.508 e. The highest BCUT2D eigenvalue weighted by molar-refractivity contribution is 5.28. The van der Waals surface area contributed by atoms with Gasteiger partial charge in [-0.1, -0.05) is 18.2 Å². The van der Waals surface area contributed by atoms with Crippen LogP contribution in [0.25, 0.3) is 0 Å². The number of para-hydroxylation sites is 1. The third-order valence-corrected chi connectivity index (χ3v) is 5.70. The lowest BCUT2D eigenvalue weighted by Gasteiger charge is -2.22. The summed E-state index contributed by atoms with van der Waals surface area (Å²) < 4.78 is 33.2. The van der Waals surface area contributed by atoms with E-state index >= 15 is 0 Å². The van der Waals surface area contributed by atoms with Gasteiger partial charge in [0.1, 0.15) is 5.75 Å². The molecule has 4 nitrogen and oxygen atoms in total. The average molecular weight is 375 g/mol. The fourth-order valence-electron chi connectivity index (χ4n) is 4.40. The van der Waals surface area contributed by atoms with Crippen LogP contribution >= 0.6 is 0 Å². The Hall–Kier alpha value is -2.18. The lowest BCUT2D eigenvalue weighted by atomic mass is 10.0. The van der Waals surface area contributed by atoms with Crippen molar-refractivity contribution in [2.45, 2.75) is 25.0 Å². The maximum atomic E-state index is 13.8. The second kappa shape index (κ2) is 7.44. The van der Waals surface area contributed by atoms with Crippen molar-refractivity contribution >= 4 is 0 Å². The smallest absolute Gasteiger partial charge is 0.191 e. The molecular weight excluding hydrogens is 352 g/mol. The Morgan fingerprint density at radius 1 is 1.00 bits per heavy atom. The molecule has 144 valence electrons. The Bertz CT molecular complexity index is 764. The molecule has 0 aromatic heterocycles. The van der Waals surface area contributed by atoms with Crippen molar-refractivity contribution in [3.63, 3.8) is 0 Å². The Labute approximate surface area is 157 Å². The predicted molar refractivity (Wildman–Crippen MR) is 96.5 cm³/mol. The zero-order valence-electron chi connectivity index (χ0n) is 14.9. The normalized spacial score (nSPS) is 26.1. The first-order chi connectivity index (χ1) is 13.0. The third-order valence-electron chi connectivity index (χ3n) is 5.70. The molecule has 0 amide bonds. The molecular formula is C21H23F2NO3. The van der Waals surface area contributed by atoms with Crippen LogP contribution in [-0.4, -0.2) is 40.9 Å². The monoisotopic (exact) mass is 375 g/mol. The van der Waals surface area contributed by atoms with E-state index in [4.69, 9.17) is 4.74 Å². The third kappa shape index (κ3) is 3.92. The van der Waals surface area contributed by atoms with Crippen LogP contribution in [0.2, 0.25) is 0 Å². The summed E-state index contributed by atoms with van der Waals surface area (Å²) in [5.41, 5.74) is 0.779. The van der Waals surface area contributed by atoms with E-state index in [0.29, 0.717) is 18.4 Å². The molecule has 1 heterocycles. The van der Waals surface area contributed by atoms with Crippen LogP contribution in [0, 0.1) is 23.5 Å². The second-order valence-electron chi connectivity index (χ2n) is 7.61. The van der Waals surface area contributed by atoms with Gasteiger partial charge in [-0.15, -0.1) is 0 Å². The van der Waals surface area contributed by atoms with Crippen LogP contribution in [0.1, 0.15) is 24.5 Å². The molecule has 2 N–H and O–H groups in total. The fraction of sp³-hybridized carbons (Fsp3) is 0.429. The molecule has 1 aliphatic carbocycles.